The average Bonchev–Trinajstić information content (AvgIpc) is 3.67. The molecule has 1 atom stereocenters. The van der Waals surface area contributed by atoms with E-state index in [0.717, 1.165) is 29.6 Å². The second kappa shape index (κ2) is 9.68. The van der Waals surface area contributed by atoms with Crippen LogP contribution in [0.2, 0.25) is 0 Å². The molecule has 6 aromatic rings. The molecule has 186 valence electrons. The molecule has 9 nitrogen and oxygen atoms in total. The van der Waals surface area contributed by atoms with Crippen LogP contribution in [0.25, 0.3) is 56.0 Å². The van der Waals surface area contributed by atoms with Gasteiger partial charge in [-0.2, -0.15) is 16.4 Å². The summed E-state index contributed by atoms with van der Waals surface area (Å²) in [6.45, 7) is 2.06. The van der Waals surface area contributed by atoms with E-state index in [4.69, 9.17) is 4.98 Å². The molecule has 6 aromatic heterocycles. The number of anilines is 1. The van der Waals surface area contributed by atoms with Crippen LogP contribution in [0, 0.1) is 5.82 Å². The van der Waals surface area contributed by atoms with Crippen molar-refractivity contribution in [1.82, 2.24) is 35.1 Å². The third-order valence-corrected chi connectivity index (χ3v) is 6.82. The van der Waals surface area contributed by atoms with Crippen LogP contribution in [0.3, 0.4) is 0 Å². The number of hydrogen-bond acceptors (Lipinski definition) is 8. The van der Waals surface area contributed by atoms with E-state index in [2.05, 4.69) is 42.4 Å². The summed E-state index contributed by atoms with van der Waals surface area (Å²) in [6, 6.07) is 5.54. The van der Waals surface area contributed by atoms with Crippen molar-refractivity contribution in [3.05, 3.63) is 59.6 Å². The number of hydrogen-bond donors (Lipinski definition) is 4. The molecule has 0 amide bonds. The lowest BCUT2D eigenvalue weighted by molar-refractivity contribution is 0.190. The van der Waals surface area contributed by atoms with Crippen LogP contribution in [0.1, 0.15) is 26.2 Å². The number of halogens is 1. The van der Waals surface area contributed by atoms with Crippen molar-refractivity contribution < 1.29 is 9.50 Å². The summed E-state index contributed by atoms with van der Waals surface area (Å²) < 4.78 is 16.0. The highest BCUT2D eigenvalue weighted by atomic mass is 32.1. The Kier molecular flexibility index (Phi) is 6.07. The van der Waals surface area contributed by atoms with Crippen LogP contribution in [-0.4, -0.2) is 46.5 Å². The minimum absolute atomic E-state index is 0.131. The van der Waals surface area contributed by atoms with Crippen molar-refractivity contribution in [3.63, 3.8) is 0 Å². The van der Waals surface area contributed by atoms with Gasteiger partial charge >= 0.3 is 0 Å². The highest BCUT2D eigenvalue weighted by Crippen LogP contribution is 2.34. The number of nitrogens with one attached hydrogen (secondary N) is 3. The number of unbranched alkanes of at least 4 members (excludes halogenated alkanes) is 1. The molecule has 0 aliphatic carbocycles. The molecule has 4 N–H and O–H groups in total. The zero-order chi connectivity index (χ0) is 25.4. The summed E-state index contributed by atoms with van der Waals surface area (Å²) >= 11 is 1.58. The van der Waals surface area contributed by atoms with E-state index in [-0.39, 0.29) is 11.1 Å². The van der Waals surface area contributed by atoms with E-state index in [1.807, 2.05) is 22.9 Å². The molecule has 6 rings (SSSR count). The zero-order valence-electron chi connectivity index (χ0n) is 19.9. The normalized spacial score (nSPS) is 12.4. The quantitative estimate of drug-likeness (QED) is 0.191. The summed E-state index contributed by atoms with van der Waals surface area (Å²) in [5, 5.41) is 24.7. The third kappa shape index (κ3) is 4.32. The summed E-state index contributed by atoms with van der Waals surface area (Å²) in [5.41, 5.74) is 5.18. The molecule has 0 aliphatic heterocycles. The van der Waals surface area contributed by atoms with E-state index in [9.17, 15) is 5.11 Å². The van der Waals surface area contributed by atoms with Gasteiger partial charge in [-0.1, -0.05) is 13.3 Å². The van der Waals surface area contributed by atoms with E-state index in [1.54, 1.807) is 42.2 Å². The van der Waals surface area contributed by atoms with Gasteiger partial charge in [0.25, 0.3) is 0 Å². The van der Waals surface area contributed by atoms with Gasteiger partial charge in [0.1, 0.15) is 23.1 Å². The molecule has 6 heterocycles. The molecule has 0 radical (unpaired) electrons. The van der Waals surface area contributed by atoms with Crippen molar-refractivity contribution in [2.45, 2.75) is 32.4 Å². The number of pyridine rings is 3. The molecule has 0 bridgehead atoms. The fourth-order valence-corrected chi connectivity index (χ4v) is 4.96. The van der Waals surface area contributed by atoms with Crippen LogP contribution in [0.5, 0.6) is 0 Å². The lowest BCUT2D eigenvalue weighted by Crippen LogP contribution is -2.18. The van der Waals surface area contributed by atoms with Gasteiger partial charge in [-0.15, -0.1) is 0 Å². The van der Waals surface area contributed by atoms with E-state index >= 15 is 4.39 Å². The molecule has 11 heteroatoms. The summed E-state index contributed by atoms with van der Waals surface area (Å²) in [4.78, 5) is 21.1. The topological polar surface area (TPSA) is 128 Å². The van der Waals surface area contributed by atoms with Crippen LogP contribution in [0.15, 0.2) is 53.7 Å². The molecule has 0 saturated carbocycles. The van der Waals surface area contributed by atoms with Gasteiger partial charge in [0, 0.05) is 28.9 Å². The summed E-state index contributed by atoms with van der Waals surface area (Å²) in [7, 11) is 0. The van der Waals surface area contributed by atoms with Crippen molar-refractivity contribution in [1.29, 1.82) is 0 Å². The van der Waals surface area contributed by atoms with Crippen LogP contribution in [0.4, 0.5) is 10.1 Å². The Hall–Kier alpha value is -4.22. The first-order valence-electron chi connectivity index (χ1n) is 11.9. The second-order valence-electron chi connectivity index (χ2n) is 8.70. The maximum atomic E-state index is 16.0. The monoisotopic (exact) mass is 514 g/mol. The molecule has 37 heavy (non-hydrogen) atoms. The van der Waals surface area contributed by atoms with Crippen molar-refractivity contribution in [2.75, 3.05) is 5.32 Å². The molecule has 0 saturated heterocycles. The average molecular weight is 515 g/mol. The first-order valence-corrected chi connectivity index (χ1v) is 12.9. The van der Waals surface area contributed by atoms with Crippen LogP contribution in [-0.2, 0) is 0 Å². The number of nitrogens with zero attached hydrogens (tertiary/aromatic N) is 5. The van der Waals surface area contributed by atoms with Gasteiger partial charge in [-0.05, 0) is 36.4 Å². The minimum Gasteiger partial charge on any atom is -0.374 e. The SMILES string of the molecule is CCCCC(O)Nc1cncc(-c2ncc3[nH]nc(-c4nc5c(-c6ccsc6)nccc5[nH]4)c3c2F)c1. The molecule has 0 fully saturated rings. The minimum atomic E-state index is -0.709. The number of aromatic amines is 2. The molecule has 0 aliphatic rings. The predicted octanol–water partition coefficient (Wildman–Crippen LogP) is 5.75. The van der Waals surface area contributed by atoms with Crippen molar-refractivity contribution >= 4 is 39.0 Å². The number of fused-ring (bicyclic) bond motifs is 2. The molecular weight excluding hydrogens is 491 g/mol. The lowest BCUT2D eigenvalue weighted by atomic mass is 10.1. The molecule has 0 spiro atoms. The summed E-state index contributed by atoms with van der Waals surface area (Å²) in [6.07, 6.45) is 8.17. The Morgan fingerprint density at radius 2 is 2.00 bits per heavy atom. The third-order valence-electron chi connectivity index (χ3n) is 6.14. The Labute approximate surface area is 214 Å². The number of aromatic nitrogens is 7. The van der Waals surface area contributed by atoms with Crippen molar-refractivity contribution in [3.8, 4) is 34.0 Å². The van der Waals surface area contributed by atoms with Gasteiger partial charge < -0.3 is 15.4 Å². The first-order chi connectivity index (χ1) is 18.1. The Bertz CT molecular complexity index is 1690. The predicted molar refractivity (Wildman–Crippen MR) is 142 cm³/mol. The van der Waals surface area contributed by atoms with Gasteiger partial charge in [-0.25, -0.2) is 9.37 Å². The second-order valence-corrected chi connectivity index (χ2v) is 9.48. The fraction of sp³-hybridized carbons (Fsp3) is 0.192. The lowest BCUT2D eigenvalue weighted by Gasteiger charge is -2.14. The number of H-pyrrole nitrogens is 2. The highest BCUT2D eigenvalue weighted by molar-refractivity contribution is 7.08. The number of rotatable bonds is 8. The Balaban J connectivity index is 1.41. The molecular formula is C26H23FN8OS. The van der Waals surface area contributed by atoms with Gasteiger partial charge in [-0.3, -0.25) is 20.1 Å². The zero-order valence-corrected chi connectivity index (χ0v) is 20.7. The molecule has 0 aromatic carbocycles. The maximum absolute atomic E-state index is 16.0. The Morgan fingerprint density at radius 1 is 1.08 bits per heavy atom. The number of aliphatic hydroxyl groups is 1. The van der Waals surface area contributed by atoms with E-state index in [1.165, 1.54) is 0 Å². The summed E-state index contributed by atoms with van der Waals surface area (Å²) in [5.74, 6) is -0.113. The number of aliphatic hydroxyl groups excluding tert-OH is 1. The fourth-order valence-electron chi connectivity index (χ4n) is 4.32. The first kappa shape index (κ1) is 23.2. The standard InChI is InChI=1S/C26H23FN8OS/c1-2-3-4-19(36)31-16-9-15(10-28-11-16)22-21(27)20-18(12-30-22)34-35-25(20)26-32-17-5-7-29-23(24(17)33-26)14-6-8-37-13-14/h5-13,19,31,36H,2-4H2,1H3,(H,32,33)(H,34,35). The van der Waals surface area contributed by atoms with E-state index < -0.39 is 12.0 Å². The smallest absolute Gasteiger partial charge is 0.161 e. The highest BCUT2D eigenvalue weighted by Gasteiger charge is 2.21. The number of imidazole rings is 1. The van der Waals surface area contributed by atoms with Gasteiger partial charge in [0.2, 0.25) is 0 Å². The van der Waals surface area contributed by atoms with Crippen molar-refractivity contribution in [2.24, 2.45) is 0 Å². The number of thiophene rings is 1. The van der Waals surface area contributed by atoms with Crippen LogP contribution < -0.4 is 5.32 Å². The largest absolute Gasteiger partial charge is 0.374 e. The van der Waals surface area contributed by atoms with Gasteiger partial charge in [0.05, 0.1) is 40.2 Å². The van der Waals surface area contributed by atoms with Crippen LogP contribution >= 0.6 is 11.3 Å². The van der Waals surface area contributed by atoms with Gasteiger partial charge in [0.15, 0.2) is 11.6 Å². The molecule has 1 unspecified atom stereocenters. The Morgan fingerprint density at radius 3 is 2.84 bits per heavy atom. The maximum Gasteiger partial charge on any atom is 0.161 e. The van der Waals surface area contributed by atoms with E-state index in [0.29, 0.717) is 40.2 Å².